The molecule has 0 atom stereocenters. The fourth-order valence-electron chi connectivity index (χ4n) is 1.26. The van der Waals surface area contributed by atoms with Crippen LogP contribution in [-0.4, -0.2) is 9.78 Å². The first-order valence-corrected chi connectivity index (χ1v) is 5.12. The van der Waals surface area contributed by atoms with E-state index < -0.39 is 0 Å². The van der Waals surface area contributed by atoms with Gasteiger partial charge in [-0.05, 0) is 53.3 Å². The Hall–Kier alpha value is -0.840. The van der Waals surface area contributed by atoms with Crippen LogP contribution in [0.15, 0.2) is 36.7 Å². The molecule has 0 aliphatic rings. The summed E-state index contributed by atoms with van der Waals surface area (Å²) in [5.74, 6) is 0. The second kappa shape index (κ2) is 3.49. The van der Waals surface area contributed by atoms with Crippen molar-refractivity contribution in [2.75, 3.05) is 0 Å². The summed E-state index contributed by atoms with van der Waals surface area (Å²) in [7, 11) is 0. The van der Waals surface area contributed by atoms with Crippen LogP contribution in [0.3, 0.4) is 0 Å². The van der Waals surface area contributed by atoms with Crippen LogP contribution in [-0.2, 0) is 0 Å². The highest BCUT2D eigenvalue weighted by Gasteiger charge is 2.02. The van der Waals surface area contributed by atoms with Crippen LogP contribution in [0.1, 0.15) is 5.56 Å². The minimum Gasteiger partial charge on any atom is -0.241 e. The van der Waals surface area contributed by atoms with Gasteiger partial charge in [0.1, 0.15) is 0 Å². The van der Waals surface area contributed by atoms with Crippen LogP contribution in [0.4, 0.5) is 0 Å². The van der Waals surface area contributed by atoms with Gasteiger partial charge in [-0.15, -0.1) is 0 Å². The molecule has 13 heavy (non-hydrogen) atoms. The Bertz CT molecular complexity index is 407. The molecule has 0 radical (unpaired) electrons. The van der Waals surface area contributed by atoms with Crippen LogP contribution < -0.4 is 0 Å². The van der Waals surface area contributed by atoms with E-state index in [1.54, 1.807) is 6.20 Å². The largest absolute Gasteiger partial charge is 0.241 e. The van der Waals surface area contributed by atoms with Gasteiger partial charge in [-0.1, -0.05) is 6.07 Å². The van der Waals surface area contributed by atoms with Crippen molar-refractivity contribution in [1.82, 2.24) is 9.78 Å². The second-order valence-electron chi connectivity index (χ2n) is 2.83. The molecule has 1 aromatic heterocycles. The fourth-order valence-corrected chi connectivity index (χ4v) is 1.74. The molecule has 1 heterocycles. The summed E-state index contributed by atoms with van der Waals surface area (Å²) in [6.45, 7) is 2.11. The van der Waals surface area contributed by atoms with Gasteiger partial charge in [0.25, 0.3) is 0 Å². The molecule has 0 N–H and O–H groups in total. The van der Waals surface area contributed by atoms with Crippen LogP contribution in [0.25, 0.3) is 5.69 Å². The molecule has 0 fully saturated rings. The first-order valence-electron chi connectivity index (χ1n) is 4.04. The molecule has 0 saturated carbocycles. The number of aromatic nitrogens is 2. The van der Waals surface area contributed by atoms with E-state index in [1.165, 1.54) is 9.13 Å². The van der Waals surface area contributed by atoms with Gasteiger partial charge in [0.15, 0.2) is 0 Å². The van der Waals surface area contributed by atoms with E-state index in [4.69, 9.17) is 0 Å². The quantitative estimate of drug-likeness (QED) is 0.736. The summed E-state index contributed by atoms with van der Waals surface area (Å²) in [6.07, 6.45) is 3.75. The lowest BCUT2D eigenvalue weighted by atomic mass is 10.2. The van der Waals surface area contributed by atoms with Crippen LogP contribution in [0.5, 0.6) is 0 Å². The Labute approximate surface area is 90.7 Å². The summed E-state index contributed by atoms with van der Waals surface area (Å²) in [6, 6.07) is 8.15. The average Bonchev–Trinajstić information content (AvgIpc) is 2.62. The van der Waals surface area contributed by atoms with Crippen molar-refractivity contribution < 1.29 is 0 Å². The van der Waals surface area contributed by atoms with Gasteiger partial charge in [0.05, 0.1) is 5.69 Å². The van der Waals surface area contributed by atoms with Crippen LogP contribution >= 0.6 is 22.6 Å². The molecule has 0 unspecified atom stereocenters. The first-order chi connectivity index (χ1) is 6.29. The fraction of sp³-hybridized carbons (Fsp3) is 0.100. The molecule has 0 aliphatic carbocycles. The monoisotopic (exact) mass is 284 g/mol. The van der Waals surface area contributed by atoms with E-state index in [0.717, 1.165) is 5.69 Å². The van der Waals surface area contributed by atoms with Crippen molar-refractivity contribution in [2.24, 2.45) is 0 Å². The van der Waals surface area contributed by atoms with E-state index in [9.17, 15) is 0 Å². The number of rotatable bonds is 1. The maximum atomic E-state index is 4.20. The van der Waals surface area contributed by atoms with Gasteiger partial charge in [-0.25, -0.2) is 4.68 Å². The summed E-state index contributed by atoms with van der Waals surface area (Å²) in [4.78, 5) is 0. The first kappa shape index (κ1) is 8.74. The minimum absolute atomic E-state index is 1.15. The number of halogens is 1. The van der Waals surface area contributed by atoms with Gasteiger partial charge in [0, 0.05) is 16.0 Å². The van der Waals surface area contributed by atoms with Crippen molar-refractivity contribution in [2.45, 2.75) is 6.92 Å². The number of benzene rings is 1. The summed E-state index contributed by atoms with van der Waals surface area (Å²) >= 11 is 2.33. The lowest BCUT2D eigenvalue weighted by Gasteiger charge is -2.06. The zero-order valence-electron chi connectivity index (χ0n) is 7.24. The molecule has 2 rings (SSSR count). The third kappa shape index (κ3) is 1.60. The van der Waals surface area contributed by atoms with Gasteiger partial charge >= 0.3 is 0 Å². The Morgan fingerprint density at radius 2 is 2.15 bits per heavy atom. The molecule has 0 saturated heterocycles. The predicted octanol–water partition coefficient (Wildman–Crippen LogP) is 2.79. The Morgan fingerprint density at radius 1 is 1.31 bits per heavy atom. The Morgan fingerprint density at radius 3 is 2.85 bits per heavy atom. The third-order valence-electron chi connectivity index (χ3n) is 1.99. The molecule has 1 aromatic carbocycles. The van der Waals surface area contributed by atoms with Crippen LogP contribution in [0.2, 0.25) is 0 Å². The van der Waals surface area contributed by atoms with E-state index in [-0.39, 0.29) is 0 Å². The zero-order chi connectivity index (χ0) is 9.26. The molecule has 3 heteroatoms. The highest BCUT2D eigenvalue weighted by Crippen LogP contribution is 2.18. The lowest BCUT2D eigenvalue weighted by Crippen LogP contribution is -1.98. The van der Waals surface area contributed by atoms with E-state index >= 15 is 0 Å². The molecule has 2 nitrogen and oxygen atoms in total. The molecule has 0 aliphatic heterocycles. The molecular formula is C10H9IN2. The molecule has 0 bridgehead atoms. The maximum Gasteiger partial charge on any atom is 0.0685 e. The highest BCUT2D eigenvalue weighted by molar-refractivity contribution is 14.1. The van der Waals surface area contributed by atoms with Crippen LogP contribution in [0, 0.1) is 10.5 Å². The second-order valence-corrected chi connectivity index (χ2v) is 4.00. The number of nitrogens with zero attached hydrogens (tertiary/aromatic N) is 2. The van der Waals surface area contributed by atoms with Crippen molar-refractivity contribution in [1.29, 1.82) is 0 Å². The lowest BCUT2D eigenvalue weighted by molar-refractivity contribution is 0.871. The number of hydrogen-bond donors (Lipinski definition) is 0. The topological polar surface area (TPSA) is 17.8 Å². The third-order valence-corrected chi connectivity index (χ3v) is 3.16. The van der Waals surface area contributed by atoms with E-state index in [0.29, 0.717) is 0 Å². The van der Waals surface area contributed by atoms with Gasteiger partial charge in [-0.2, -0.15) is 5.10 Å². The van der Waals surface area contributed by atoms with Gasteiger partial charge < -0.3 is 0 Å². The van der Waals surface area contributed by atoms with Gasteiger partial charge in [-0.3, -0.25) is 0 Å². The molecule has 0 amide bonds. The maximum absolute atomic E-state index is 4.20. The highest BCUT2D eigenvalue weighted by atomic mass is 127. The molecular weight excluding hydrogens is 275 g/mol. The van der Waals surface area contributed by atoms with Crippen molar-refractivity contribution >= 4 is 22.6 Å². The predicted molar refractivity (Wildman–Crippen MR) is 61.0 cm³/mol. The van der Waals surface area contributed by atoms with Crippen molar-refractivity contribution in [3.05, 3.63) is 45.8 Å². The van der Waals surface area contributed by atoms with Gasteiger partial charge in [0.2, 0.25) is 0 Å². The normalized spacial score (nSPS) is 10.3. The Balaban J connectivity index is 2.59. The summed E-state index contributed by atoms with van der Waals surface area (Å²) in [5, 5.41) is 4.20. The SMILES string of the molecule is Cc1c(I)cccc1-n1cccn1. The summed E-state index contributed by atoms with van der Waals surface area (Å²) < 4.78 is 3.16. The smallest absolute Gasteiger partial charge is 0.0685 e. The van der Waals surface area contributed by atoms with Crippen molar-refractivity contribution in [3.8, 4) is 5.69 Å². The summed E-state index contributed by atoms with van der Waals surface area (Å²) in [5.41, 5.74) is 2.42. The van der Waals surface area contributed by atoms with E-state index in [1.807, 2.05) is 23.0 Å². The van der Waals surface area contributed by atoms with Crippen molar-refractivity contribution in [3.63, 3.8) is 0 Å². The standard InChI is InChI=1S/C10H9IN2/c1-8-9(11)4-2-5-10(8)13-7-3-6-12-13/h2-7H,1H3. The zero-order valence-corrected chi connectivity index (χ0v) is 9.39. The molecule has 2 aromatic rings. The number of hydrogen-bond acceptors (Lipinski definition) is 1. The molecule has 66 valence electrons. The van der Waals surface area contributed by atoms with E-state index in [2.05, 4.69) is 46.7 Å². The average molecular weight is 284 g/mol. The Kier molecular flexibility index (Phi) is 2.35. The minimum atomic E-state index is 1.15. The molecule has 0 spiro atoms.